The van der Waals surface area contributed by atoms with Gasteiger partial charge in [-0.15, -0.1) is 0 Å². The summed E-state index contributed by atoms with van der Waals surface area (Å²) in [5.74, 6) is 4.20. The summed E-state index contributed by atoms with van der Waals surface area (Å²) in [7, 11) is 0. The molecule has 0 amide bonds. The Labute approximate surface area is 513 Å². The largest absolute Gasteiger partial charge is 0.375 e. The Kier molecular flexibility index (Phi) is 25.9. The smallest absolute Gasteiger partial charge is 0.169 e. The van der Waals surface area contributed by atoms with Crippen LogP contribution in [-0.4, -0.2) is 100 Å². The van der Waals surface area contributed by atoms with Crippen molar-refractivity contribution in [3.63, 3.8) is 0 Å². The van der Waals surface area contributed by atoms with Gasteiger partial charge in [-0.05, 0) is 177 Å². The van der Waals surface area contributed by atoms with Crippen molar-refractivity contribution in [3.8, 4) is 0 Å². The molecule has 10 heteroatoms. The van der Waals surface area contributed by atoms with E-state index in [9.17, 15) is 0 Å². The maximum absolute atomic E-state index is 6.07. The molecule has 12 fully saturated rings. The second-order valence-electron chi connectivity index (χ2n) is 34.6. The van der Waals surface area contributed by atoms with E-state index >= 15 is 0 Å². The quantitative estimate of drug-likeness (QED) is 0.233. The lowest BCUT2D eigenvalue weighted by molar-refractivity contribution is -0.264. The van der Waals surface area contributed by atoms with Gasteiger partial charge in [0.25, 0.3) is 0 Å². The van der Waals surface area contributed by atoms with Crippen LogP contribution >= 0.6 is 0 Å². The molecule has 12 rings (SSSR count). The van der Waals surface area contributed by atoms with Crippen molar-refractivity contribution in [1.82, 2.24) is 0 Å². The molecule has 0 radical (unpaired) electrons. The molecule has 10 nitrogen and oxygen atoms in total. The molecule has 83 heavy (non-hydrogen) atoms. The van der Waals surface area contributed by atoms with Crippen LogP contribution in [-0.2, 0) is 47.4 Å². The fourth-order valence-electron chi connectivity index (χ4n) is 15.8. The third-order valence-electron chi connectivity index (χ3n) is 22.5. The van der Waals surface area contributed by atoms with Gasteiger partial charge in [0.05, 0.1) is 64.1 Å². The minimum absolute atomic E-state index is 0. The van der Waals surface area contributed by atoms with Crippen LogP contribution in [0.1, 0.15) is 300 Å². The summed E-state index contributed by atoms with van der Waals surface area (Å²) in [6.45, 7) is 50.5. The first-order valence-corrected chi connectivity index (χ1v) is 34.0. The highest BCUT2D eigenvalue weighted by molar-refractivity contribution is 5.01. The molecule has 2 unspecified atom stereocenters. The monoisotopic (exact) mass is 1180 g/mol. The van der Waals surface area contributed by atoms with Crippen LogP contribution in [0.25, 0.3) is 0 Å². The molecule has 6 heterocycles. The van der Waals surface area contributed by atoms with Gasteiger partial charge in [-0.1, -0.05) is 139 Å². The highest BCUT2D eigenvalue weighted by Gasteiger charge is 2.54. The maximum atomic E-state index is 6.07. The second kappa shape index (κ2) is 29.3. The second-order valence-corrected chi connectivity index (χ2v) is 34.6. The summed E-state index contributed by atoms with van der Waals surface area (Å²) in [6.07, 6.45) is 30.8. The molecular weight excluding hydrogens is 1040 g/mol. The molecule has 0 aromatic carbocycles. The van der Waals surface area contributed by atoms with Crippen LogP contribution in [0, 0.1) is 68.0 Å². The van der Waals surface area contributed by atoms with Gasteiger partial charge in [0.15, 0.2) is 23.1 Å². The third-order valence-corrected chi connectivity index (χ3v) is 22.5. The van der Waals surface area contributed by atoms with Crippen molar-refractivity contribution in [2.75, 3.05) is 66.1 Å². The Morgan fingerprint density at radius 3 is 0.819 bits per heavy atom. The number of ether oxygens (including phenoxy) is 10. The van der Waals surface area contributed by atoms with Crippen LogP contribution in [0.15, 0.2) is 0 Å². The van der Waals surface area contributed by atoms with Crippen molar-refractivity contribution >= 4 is 0 Å². The van der Waals surface area contributed by atoms with Crippen molar-refractivity contribution in [2.24, 2.45) is 68.0 Å². The highest BCUT2D eigenvalue weighted by Crippen LogP contribution is 2.55. The first-order valence-electron chi connectivity index (χ1n) is 34.0. The van der Waals surface area contributed by atoms with E-state index in [0.717, 1.165) is 159 Å². The molecule has 6 spiro atoms. The lowest BCUT2D eigenvalue weighted by atomic mass is 9.59. The fraction of sp³-hybridized carbons (Fsp3) is 1.00. The Hall–Kier alpha value is -0.400. The minimum Gasteiger partial charge on any atom is -0.375 e. The number of hydrogen-bond donors (Lipinski definition) is 0. The SMILES string of the molecule is C.C.CC(C)(C)C1CC2(C1)OCCO2.CC(C)(C)C1CC2(CCCCO2)C1.CC(C)(C)C1CCC2(C1)OCCCO2.CC(C)(C)C1CCC2(C1)OCCO2.CC(C)(C)C1CCC2(CC1)OCCO2.CC(C)(C)C1CCC2(CCCCO2)CC1. The van der Waals surface area contributed by atoms with Crippen molar-refractivity contribution < 1.29 is 47.4 Å². The van der Waals surface area contributed by atoms with Crippen LogP contribution in [0.3, 0.4) is 0 Å². The van der Waals surface area contributed by atoms with Gasteiger partial charge in [-0.25, -0.2) is 0 Å². The van der Waals surface area contributed by atoms with Crippen LogP contribution in [0.5, 0.6) is 0 Å². The van der Waals surface area contributed by atoms with Gasteiger partial charge in [0.1, 0.15) is 0 Å². The van der Waals surface area contributed by atoms with Crippen molar-refractivity contribution in [2.45, 2.75) is 334 Å². The zero-order valence-corrected chi connectivity index (χ0v) is 56.3. The molecule has 0 N–H and O–H groups in total. The van der Waals surface area contributed by atoms with Gasteiger partial charge in [0.2, 0.25) is 0 Å². The molecule has 6 aliphatic carbocycles. The van der Waals surface area contributed by atoms with E-state index in [1.807, 2.05) is 0 Å². The van der Waals surface area contributed by atoms with E-state index in [0.29, 0.717) is 43.7 Å². The average Bonchev–Trinajstić information content (AvgIpc) is 4.44. The number of hydrogen-bond acceptors (Lipinski definition) is 10. The molecule has 6 saturated heterocycles. The third kappa shape index (κ3) is 20.6. The van der Waals surface area contributed by atoms with Crippen LogP contribution < -0.4 is 0 Å². The number of rotatable bonds is 0. The Bertz CT molecular complexity index is 1810. The van der Waals surface area contributed by atoms with E-state index in [4.69, 9.17) is 47.4 Å². The van der Waals surface area contributed by atoms with E-state index in [1.165, 1.54) is 103 Å². The van der Waals surface area contributed by atoms with Gasteiger partial charge in [0, 0.05) is 64.6 Å². The molecule has 6 aliphatic heterocycles. The summed E-state index contributed by atoms with van der Waals surface area (Å²) in [5, 5.41) is 0. The van der Waals surface area contributed by atoms with Crippen molar-refractivity contribution in [3.05, 3.63) is 0 Å². The van der Waals surface area contributed by atoms with Gasteiger partial charge < -0.3 is 47.4 Å². The Balaban J connectivity index is 0.000000182. The zero-order chi connectivity index (χ0) is 59.3. The molecule has 0 aromatic heterocycles. The predicted molar refractivity (Wildman–Crippen MR) is 342 cm³/mol. The van der Waals surface area contributed by atoms with Gasteiger partial charge in [-0.2, -0.15) is 0 Å². The first-order chi connectivity index (χ1) is 37.6. The molecule has 0 aromatic rings. The molecule has 6 saturated carbocycles. The summed E-state index contributed by atoms with van der Waals surface area (Å²) in [6, 6.07) is 0. The van der Waals surface area contributed by atoms with Gasteiger partial charge in [-0.3, -0.25) is 0 Å². The first kappa shape index (κ1) is 73.3. The molecular formula is C73H138O10. The van der Waals surface area contributed by atoms with E-state index < -0.39 is 0 Å². The zero-order valence-electron chi connectivity index (χ0n) is 56.3. The Morgan fingerprint density at radius 2 is 0.482 bits per heavy atom. The summed E-state index contributed by atoms with van der Waals surface area (Å²) in [4.78, 5) is 0. The lowest BCUT2D eigenvalue weighted by Crippen LogP contribution is -2.51. The van der Waals surface area contributed by atoms with Gasteiger partial charge >= 0.3 is 0 Å². The summed E-state index contributed by atoms with van der Waals surface area (Å²) >= 11 is 0. The van der Waals surface area contributed by atoms with Crippen LogP contribution in [0.2, 0.25) is 0 Å². The summed E-state index contributed by atoms with van der Waals surface area (Å²) in [5.41, 5.74) is 3.28. The lowest BCUT2D eigenvalue weighted by Gasteiger charge is -2.54. The van der Waals surface area contributed by atoms with Crippen LogP contribution in [0.4, 0.5) is 0 Å². The topological polar surface area (TPSA) is 92.3 Å². The van der Waals surface area contributed by atoms with E-state index in [-0.39, 0.29) is 38.0 Å². The molecule has 490 valence electrons. The fourth-order valence-corrected chi connectivity index (χ4v) is 15.8. The van der Waals surface area contributed by atoms with E-state index in [2.05, 4.69) is 125 Å². The highest BCUT2D eigenvalue weighted by atomic mass is 16.7. The predicted octanol–water partition coefficient (Wildman–Crippen LogP) is 19.5. The molecule has 2 atom stereocenters. The minimum atomic E-state index is -0.198. The molecule has 0 bridgehead atoms. The summed E-state index contributed by atoms with van der Waals surface area (Å²) < 4.78 is 57.7. The maximum Gasteiger partial charge on any atom is 0.169 e. The van der Waals surface area contributed by atoms with Crippen molar-refractivity contribution in [1.29, 1.82) is 0 Å². The average molecular weight is 1180 g/mol. The molecule has 12 aliphatic rings. The standard InChI is InChI=1S/C14H26O.2C12H22O2.C12H22O.C11H20O2.C10H18O2.2CH4/c1-13(2,3)12-6-9-14(10-7-12)8-4-5-11-15-14;1-11(2,3)10-5-6-12(9-10)13-7-4-8-14-12;1-11(2,3)10-4-6-12(7-5-10)13-8-9-14-12;1-11(2,3)10-8-12(9-10)6-4-5-7-13-12;1-10(2,3)9-4-5-11(8-9)12-6-7-13-11;1-9(2,3)8-6-10(7-8)11-4-5-12-10;;/h12H,4-11H2,1-3H3;2*10H,4-9H2,1-3H3;10H,4-9H2,1-3H3;9H,4-8H2,1-3H3;8H,4-7H2,1-3H3;2*1H4. The van der Waals surface area contributed by atoms with E-state index in [1.54, 1.807) is 0 Å². The normalized spacial score (nSPS) is 31.2. The Morgan fingerprint density at radius 1 is 0.217 bits per heavy atom.